The first-order valence-corrected chi connectivity index (χ1v) is 11.8. The number of ether oxygens (including phenoxy) is 2. The highest BCUT2D eigenvalue weighted by molar-refractivity contribution is 5.79. The van der Waals surface area contributed by atoms with Crippen molar-refractivity contribution < 1.29 is 18.7 Å². The molecule has 2 heterocycles. The van der Waals surface area contributed by atoms with Crippen LogP contribution in [0.15, 0.2) is 84.4 Å². The molecule has 3 aromatic carbocycles. The molecule has 3 aliphatic rings. The van der Waals surface area contributed by atoms with Gasteiger partial charge in [-0.1, -0.05) is 72.3 Å². The van der Waals surface area contributed by atoms with E-state index >= 15 is 0 Å². The van der Waals surface area contributed by atoms with E-state index < -0.39 is 0 Å². The van der Waals surface area contributed by atoms with Gasteiger partial charge >= 0.3 is 6.09 Å². The van der Waals surface area contributed by atoms with Gasteiger partial charge in [0.25, 0.3) is 0 Å². The number of benzene rings is 3. The Labute approximate surface area is 198 Å². The van der Waals surface area contributed by atoms with E-state index in [1.807, 2.05) is 29.2 Å². The maximum absolute atomic E-state index is 13.3. The van der Waals surface area contributed by atoms with Crippen molar-refractivity contribution in [2.24, 2.45) is 0 Å². The Hall–Kier alpha value is -3.44. The summed E-state index contributed by atoms with van der Waals surface area (Å²) in [6.07, 6.45) is 3.34. The number of hydrogen-bond donors (Lipinski definition) is 0. The summed E-state index contributed by atoms with van der Waals surface area (Å²) in [7, 11) is 0. The van der Waals surface area contributed by atoms with Crippen molar-refractivity contribution in [3.8, 4) is 11.1 Å². The van der Waals surface area contributed by atoms with Crippen molar-refractivity contribution in [2.75, 3.05) is 19.8 Å². The quantitative estimate of drug-likeness (QED) is 0.473. The topological polar surface area (TPSA) is 38.8 Å². The summed E-state index contributed by atoms with van der Waals surface area (Å²) in [5.74, 6) is -0.185. The number of carbonyl (C=O) groups excluding carboxylic acids is 1. The summed E-state index contributed by atoms with van der Waals surface area (Å²) in [6, 6.07) is 23.1. The van der Waals surface area contributed by atoms with Crippen LogP contribution in [0.25, 0.3) is 11.1 Å². The van der Waals surface area contributed by atoms with Gasteiger partial charge in [-0.25, -0.2) is 9.18 Å². The lowest BCUT2D eigenvalue weighted by atomic mass is 9.90. The minimum absolute atomic E-state index is 0.0433. The molecule has 0 N–H and O–H groups in total. The van der Waals surface area contributed by atoms with E-state index in [1.165, 1.54) is 40.0 Å². The Balaban J connectivity index is 1.18. The Kier molecular flexibility index (Phi) is 5.42. The Morgan fingerprint density at radius 1 is 0.941 bits per heavy atom. The van der Waals surface area contributed by atoms with Crippen LogP contribution < -0.4 is 0 Å². The number of nitrogens with zero attached hydrogens (tertiary/aromatic N) is 1. The molecule has 1 fully saturated rings. The third-order valence-electron chi connectivity index (χ3n) is 7.17. The van der Waals surface area contributed by atoms with Gasteiger partial charge in [0.2, 0.25) is 0 Å². The Morgan fingerprint density at radius 2 is 1.62 bits per heavy atom. The van der Waals surface area contributed by atoms with Crippen LogP contribution in [-0.4, -0.2) is 42.9 Å². The fraction of sp³-hybridized carbons (Fsp3) is 0.276. The molecule has 2 bridgehead atoms. The second-order valence-corrected chi connectivity index (χ2v) is 9.30. The molecular weight excluding hydrogens is 429 g/mol. The highest BCUT2D eigenvalue weighted by Gasteiger charge is 2.39. The fourth-order valence-electron chi connectivity index (χ4n) is 5.63. The molecule has 5 heteroatoms. The average molecular weight is 456 g/mol. The normalized spacial score (nSPS) is 21.0. The molecule has 2 aliphatic heterocycles. The lowest BCUT2D eigenvalue weighted by Crippen LogP contribution is -2.56. The average Bonchev–Trinajstić information content (AvgIpc) is 3.17. The number of morpholine rings is 1. The van der Waals surface area contributed by atoms with Crippen LogP contribution >= 0.6 is 0 Å². The number of halogens is 1. The van der Waals surface area contributed by atoms with Crippen molar-refractivity contribution in [1.29, 1.82) is 0 Å². The Bertz CT molecular complexity index is 1210. The summed E-state index contributed by atoms with van der Waals surface area (Å²) in [5.41, 5.74) is 7.18. The van der Waals surface area contributed by atoms with Gasteiger partial charge in [0.15, 0.2) is 0 Å². The first-order chi connectivity index (χ1) is 16.7. The molecule has 0 saturated carbocycles. The van der Waals surface area contributed by atoms with Crippen molar-refractivity contribution in [2.45, 2.75) is 30.8 Å². The molecule has 0 spiro atoms. The van der Waals surface area contributed by atoms with Crippen molar-refractivity contribution >= 4 is 6.09 Å². The summed E-state index contributed by atoms with van der Waals surface area (Å²) >= 11 is 0. The van der Waals surface area contributed by atoms with E-state index in [0.717, 1.165) is 18.4 Å². The molecule has 2 unspecified atom stereocenters. The van der Waals surface area contributed by atoms with Gasteiger partial charge in [0, 0.05) is 5.92 Å². The van der Waals surface area contributed by atoms with Crippen molar-refractivity contribution in [1.82, 2.24) is 4.90 Å². The van der Waals surface area contributed by atoms with Crippen LogP contribution in [0.3, 0.4) is 0 Å². The van der Waals surface area contributed by atoms with Crippen molar-refractivity contribution in [3.63, 3.8) is 0 Å². The van der Waals surface area contributed by atoms with Gasteiger partial charge in [0.05, 0.1) is 25.3 Å². The third-order valence-corrected chi connectivity index (χ3v) is 7.17. The highest BCUT2D eigenvalue weighted by Crippen LogP contribution is 2.44. The molecule has 4 nitrogen and oxygen atoms in total. The summed E-state index contributed by atoms with van der Waals surface area (Å²) in [6.45, 7) is 1.28. The van der Waals surface area contributed by atoms with Gasteiger partial charge < -0.3 is 9.47 Å². The fourth-order valence-corrected chi connectivity index (χ4v) is 5.63. The largest absolute Gasteiger partial charge is 0.448 e. The molecule has 172 valence electrons. The van der Waals surface area contributed by atoms with E-state index in [-0.39, 0.29) is 29.9 Å². The minimum atomic E-state index is -0.280. The zero-order valence-corrected chi connectivity index (χ0v) is 18.8. The van der Waals surface area contributed by atoms with E-state index in [4.69, 9.17) is 9.47 Å². The number of rotatable bonds is 4. The van der Waals surface area contributed by atoms with Crippen LogP contribution in [0.2, 0.25) is 0 Å². The predicted molar refractivity (Wildman–Crippen MR) is 128 cm³/mol. The second-order valence-electron chi connectivity index (χ2n) is 9.30. The van der Waals surface area contributed by atoms with E-state index in [0.29, 0.717) is 19.8 Å². The smallest absolute Gasteiger partial charge is 0.410 e. The third kappa shape index (κ3) is 3.80. The van der Waals surface area contributed by atoms with Gasteiger partial charge in [-0.05, 0) is 52.8 Å². The molecule has 34 heavy (non-hydrogen) atoms. The lowest BCUT2D eigenvalue weighted by molar-refractivity contribution is -0.0363. The molecule has 6 rings (SSSR count). The number of fused-ring (bicyclic) bond motifs is 5. The summed E-state index contributed by atoms with van der Waals surface area (Å²) in [5, 5.41) is 0. The zero-order chi connectivity index (χ0) is 23.1. The van der Waals surface area contributed by atoms with Crippen LogP contribution in [-0.2, 0) is 15.9 Å². The van der Waals surface area contributed by atoms with Crippen LogP contribution in [0.5, 0.6) is 0 Å². The maximum Gasteiger partial charge on any atom is 0.410 e. The standard InChI is InChI=1S/C29H26FNO3/c30-21-11-9-19(10-12-21)13-20-14-22-16-33-17-23(15-20)31(22)29(32)34-18-28-26-7-3-1-5-24(26)25-6-2-4-8-27(25)28/h1-12,14,22-23,28H,13,15-18H2. The van der Waals surface area contributed by atoms with Crippen molar-refractivity contribution in [3.05, 3.63) is 107 Å². The summed E-state index contributed by atoms with van der Waals surface area (Å²) < 4.78 is 25.0. The first kappa shape index (κ1) is 21.1. The first-order valence-electron chi connectivity index (χ1n) is 11.8. The molecule has 1 saturated heterocycles. The SMILES string of the molecule is O=C(OCC1c2ccccc2-c2ccccc21)N1C2C=C(Cc3ccc(F)cc3)CC1COC2. The zero-order valence-electron chi connectivity index (χ0n) is 18.8. The molecule has 1 amide bonds. The number of carbonyl (C=O) groups is 1. The van der Waals surface area contributed by atoms with Crippen LogP contribution in [0.1, 0.15) is 29.0 Å². The number of hydrogen-bond acceptors (Lipinski definition) is 3. The predicted octanol–water partition coefficient (Wildman–Crippen LogP) is 5.72. The van der Waals surface area contributed by atoms with Gasteiger partial charge in [-0.2, -0.15) is 0 Å². The second kappa shape index (κ2) is 8.73. The van der Waals surface area contributed by atoms with E-state index in [1.54, 1.807) is 0 Å². The van der Waals surface area contributed by atoms with Crippen LogP contribution in [0, 0.1) is 5.82 Å². The Morgan fingerprint density at radius 3 is 2.29 bits per heavy atom. The molecular formula is C29H26FNO3. The highest BCUT2D eigenvalue weighted by atomic mass is 19.1. The molecule has 2 atom stereocenters. The van der Waals surface area contributed by atoms with Gasteiger partial charge in [-0.15, -0.1) is 0 Å². The van der Waals surface area contributed by atoms with Gasteiger partial charge in [0.1, 0.15) is 12.4 Å². The lowest BCUT2D eigenvalue weighted by Gasteiger charge is -2.44. The molecule has 0 radical (unpaired) electrons. The van der Waals surface area contributed by atoms with E-state index in [2.05, 4.69) is 42.5 Å². The molecule has 3 aromatic rings. The number of amides is 1. The monoisotopic (exact) mass is 455 g/mol. The minimum Gasteiger partial charge on any atom is -0.448 e. The van der Waals surface area contributed by atoms with Crippen LogP contribution in [0.4, 0.5) is 9.18 Å². The van der Waals surface area contributed by atoms with Gasteiger partial charge in [-0.3, -0.25) is 4.90 Å². The summed E-state index contributed by atoms with van der Waals surface area (Å²) in [4.78, 5) is 15.1. The maximum atomic E-state index is 13.3. The molecule has 0 aromatic heterocycles. The van der Waals surface area contributed by atoms with E-state index in [9.17, 15) is 9.18 Å². The molecule has 1 aliphatic carbocycles.